The molecular formula is C13H13ClFNO4. The van der Waals surface area contributed by atoms with Crippen molar-refractivity contribution in [3.05, 3.63) is 22.7 Å². The third-order valence-corrected chi connectivity index (χ3v) is 4.21. The molecule has 20 heavy (non-hydrogen) atoms. The third kappa shape index (κ3) is 1.75. The first kappa shape index (κ1) is 13.5. The largest absolute Gasteiger partial charge is 0.486 e. The summed E-state index contributed by atoms with van der Waals surface area (Å²) in [5, 5.41) is 8.95. The number of hydroxylamine groups is 1. The molecule has 1 aliphatic heterocycles. The molecule has 7 heteroatoms. The average molecular weight is 302 g/mol. The van der Waals surface area contributed by atoms with Crippen LogP contribution in [0.25, 0.3) is 0 Å². The summed E-state index contributed by atoms with van der Waals surface area (Å²) >= 11 is 6.10. The zero-order chi connectivity index (χ0) is 14.5. The van der Waals surface area contributed by atoms with E-state index in [1.807, 2.05) is 0 Å². The Labute approximate surface area is 119 Å². The Bertz CT molecular complexity index is 582. The lowest BCUT2D eigenvalue weighted by atomic mass is 10.1. The molecule has 1 amide bonds. The van der Waals surface area contributed by atoms with Gasteiger partial charge in [-0.3, -0.25) is 10.0 Å². The molecule has 1 heterocycles. The monoisotopic (exact) mass is 301 g/mol. The molecule has 1 aliphatic carbocycles. The quantitative estimate of drug-likeness (QED) is 0.648. The van der Waals surface area contributed by atoms with E-state index in [0.717, 1.165) is 0 Å². The van der Waals surface area contributed by atoms with Gasteiger partial charge in [-0.15, -0.1) is 0 Å². The van der Waals surface area contributed by atoms with Gasteiger partial charge in [0, 0.05) is 11.8 Å². The number of fused-ring (bicyclic) bond motifs is 1. The Kier molecular flexibility index (Phi) is 3.02. The topological polar surface area (TPSA) is 67.8 Å². The minimum Gasteiger partial charge on any atom is -0.486 e. The van der Waals surface area contributed by atoms with Crippen LogP contribution in [0.4, 0.5) is 4.39 Å². The molecule has 1 fully saturated rings. The van der Waals surface area contributed by atoms with Crippen LogP contribution in [-0.4, -0.2) is 30.0 Å². The number of carbonyl (C=O) groups is 1. The number of hydrogen-bond donors (Lipinski definition) is 2. The van der Waals surface area contributed by atoms with Crippen LogP contribution in [0.3, 0.4) is 0 Å². The van der Waals surface area contributed by atoms with Gasteiger partial charge in [-0.25, -0.2) is 9.87 Å². The smallest absolute Gasteiger partial charge is 0.281 e. The molecule has 0 saturated heterocycles. The van der Waals surface area contributed by atoms with Crippen LogP contribution in [0.15, 0.2) is 12.1 Å². The Morgan fingerprint density at radius 1 is 1.50 bits per heavy atom. The van der Waals surface area contributed by atoms with E-state index < -0.39 is 23.4 Å². The molecule has 0 radical (unpaired) electrons. The fourth-order valence-electron chi connectivity index (χ4n) is 2.80. The van der Waals surface area contributed by atoms with Crippen LogP contribution in [-0.2, 0) is 4.79 Å². The van der Waals surface area contributed by atoms with Crippen molar-refractivity contribution in [2.75, 3.05) is 13.2 Å². The SMILES string of the molecule is C[C@@H]1[C@@H](c2cc(Cl)c3c(c2)OCCO3)C1(F)C(=O)NO. The van der Waals surface area contributed by atoms with E-state index in [9.17, 15) is 9.18 Å². The lowest BCUT2D eigenvalue weighted by Gasteiger charge is -2.20. The number of carbonyl (C=O) groups excluding carboxylic acids is 1. The van der Waals surface area contributed by atoms with Crippen molar-refractivity contribution >= 4 is 17.5 Å². The summed E-state index contributed by atoms with van der Waals surface area (Å²) in [5.41, 5.74) is -0.198. The van der Waals surface area contributed by atoms with E-state index in [-0.39, 0.29) is 0 Å². The van der Waals surface area contributed by atoms with E-state index >= 15 is 0 Å². The minimum atomic E-state index is -2.12. The van der Waals surface area contributed by atoms with Gasteiger partial charge < -0.3 is 9.47 Å². The number of halogens is 2. The molecular weight excluding hydrogens is 289 g/mol. The predicted octanol–water partition coefficient (Wildman–Crippen LogP) is 2.06. The van der Waals surface area contributed by atoms with Crippen molar-refractivity contribution < 1.29 is 23.9 Å². The van der Waals surface area contributed by atoms with E-state index in [4.69, 9.17) is 26.3 Å². The second kappa shape index (κ2) is 4.49. The Hall–Kier alpha value is -1.53. The molecule has 2 N–H and O–H groups in total. The van der Waals surface area contributed by atoms with Crippen LogP contribution in [0.1, 0.15) is 18.4 Å². The Morgan fingerprint density at radius 3 is 2.90 bits per heavy atom. The molecule has 2 aliphatic rings. The molecule has 1 aromatic carbocycles. The van der Waals surface area contributed by atoms with Crippen molar-refractivity contribution in [2.45, 2.75) is 18.5 Å². The standard InChI is InChI=1S/C13H13ClFNO4/c1-6-10(13(6,15)12(17)16-18)7-4-8(14)11-9(5-7)19-2-3-20-11/h4-6,10,18H,2-3H2,1H3,(H,16,17)/t6-,10+,13?/m1/s1. The summed E-state index contributed by atoms with van der Waals surface area (Å²) in [5.74, 6) is -1.37. The first-order valence-electron chi connectivity index (χ1n) is 6.22. The Balaban J connectivity index is 1.97. The third-order valence-electron chi connectivity index (χ3n) is 3.93. The molecule has 0 aromatic heterocycles. The van der Waals surface area contributed by atoms with Gasteiger partial charge >= 0.3 is 0 Å². The lowest BCUT2D eigenvalue weighted by molar-refractivity contribution is -0.136. The number of ether oxygens (including phenoxy) is 2. The van der Waals surface area contributed by atoms with Gasteiger partial charge in [0.25, 0.3) is 5.91 Å². The second-order valence-electron chi connectivity index (χ2n) is 5.00. The maximum Gasteiger partial charge on any atom is 0.281 e. The number of nitrogens with one attached hydrogen (secondary N) is 1. The van der Waals surface area contributed by atoms with Gasteiger partial charge in [0.15, 0.2) is 11.5 Å². The highest BCUT2D eigenvalue weighted by Gasteiger charge is 2.69. The molecule has 108 valence electrons. The molecule has 0 spiro atoms. The van der Waals surface area contributed by atoms with Gasteiger partial charge in [0.2, 0.25) is 5.67 Å². The van der Waals surface area contributed by atoms with Gasteiger partial charge in [-0.1, -0.05) is 18.5 Å². The lowest BCUT2D eigenvalue weighted by Crippen LogP contribution is -2.33. The van der Waals surface area contributed by atoms with Gasteiger partial charge in [0.1, 0.15) is 13.2 Å². The summed E-state index contributed by atoms with van der Waals surface area (Å²) in [4.78, 5) is 11.4. The van der Waals surface area contributed by atoms with Crippen LogP contribution in [0, 0.1) is 5.92 Å². The number of hydrogen-bond acceptors (Lipinski definition) is 4. The fraction of sp³-hybridized carbons (Fsp3) is 0.462. The second-order valence-corrected chi connectivity index (χ2v) is 5.41. The van der Waals surface area contributed by atoms with Gasteiger partial charge in [-0.05, 0) is 17.7 Å². The summed E-state index contributed by atoms with van der Waals surface area (Å²) in [6.07, 6.45) is 0. The first-order valence-corrected chi connectivity index (χ1v) is 6.60. The van der Waals surface area contributed by atoms with Crippen molar-refractivity contribution in [1.82, 2.24) is 5.48 Å². The molecule has 1 unspecified atom stereocenters. The van der Waals surface area contributed by atoms with E-state index in [1.165, 1.54) is 5.48 Å². The normalized spacial score (nSPS) is 30.8. The maximum atomic E-state index is 14.5. The molecule has 3 rings (SSSR count). The summed E-state index contributed by atoms with van der Waals surface area (Å²) < 4.78 is 25.3. The van der Waals surface area contributed by atoms with Gasteiger partial charge in [0.05, 0.1) is 5.02 Å². The van der Waals surface area contributed by atoms with Crippen LogP contribution in [0.2, 0.25) is 5.02 Å². The van der Waals surface area contributed by atoms with E-state index in [2.05, 4.69) is 0 Å². The molecule has 1 saturated carbocycles. The van der Waals surface area contributed by atoms with Crippen LogP contribution in [0.5, 0.6) is 11.5 Å². The fourth-order valence-corrected chi connectivity index (χ4v) is 3.07. The zero-order valence-corrected chi connectivity index (χ0v) is 11.4. The number of benzene rings is 1. The van der Waals surface area contributed by atoms with Crippen molar-refractivity contribution in [3.8, 4) is 11.5 Å². The van der Waals surface area contributed by atoms with E-state index in [0.29, 0.717) is 35.3 Å². The maximum absolute atomic E-state index is 14.5. The predicted molar refractivity (Wildman–Crippen MR) is 68.1 cm³/mol. The number of amides is 1. The van der Waals surface area contributed by atoms with Crippen molar-refractivity contribution in [2.24, 2.45) is 5.92 Å². The Morgan fingerprint density at radius 2 is 2.20 bits per heavy atom. The van der Waals surface area contributed by atoms with Crippen molar-refractivity contribution in [3.63, 3.8) is 0 Å². The van der Waals surface area contributed by atoms with Gasteiger partial charge in [-0.2, -0.15) is 0 Å². The average Bonchev–Trinajstić information content (AvgIpc) is 3.01. The zero-order valence-electron chi connectivity index (χ0n) is 10.7. The highest BCUT2D eigenvalue weighted by molar-refractivity contribution is 6.32. The van der Waals surface area contributed by atoms with Crippen LogP contribution < -0.4 is 15.0 Å². The summed E-state index contributed by atoms with van der Waals surface area (Å²) in [7, 11) is 0. The first-order chi connectivity index (χ1) is 9.50. The number of rotatable bonds is 2. The van der Waals surface area contributed by atoms with Crippen LogP contribution >= 0.6 is 11.6 Å². The molecule has 5 nitrogen and oxygen atoms in total. The van der Waals surface area contributed by atoms with Crippen molar-refractivity contribution in [1.29, 1.82) is 0 Å². The van der Waals surface area contributed by atoms with E-state index in [1.54, 1.807) is 19.1 Å². The number of alkyl halides is 1. The molecule has 3 atom stereocenters. The highest BCUT2D eigenvalue weighted by atomic mass is 35.5. The highest BCUT2D eigenvalue weighted by Crippen LogP contribution is 2.61. The summed E-state index contributed by atoms with van der Waals surface area (Å²) in [6.45, 7) is 2.40. The summed E-state index contributed by atoms with van der Waals surface area (Å²) in [6, 6.07) is 3.20. The molecule has 0 bridgehead atoms. The molecule has 1 aromatic rings. The minimum absolute atomic E-state index is 0.322.